The number of anilines is 1. The largest absolute Gasteiger partial charge is 0.409 e. The van der Waals surface area contributed by atoms with E-state index in [0.717, 1.165) is 6.42 Å². The van der Waals surface area contributed by atoms with Crippen LogP contribution >= 0.6 is 0 Å². The van der Waals surface area contributed by atoms with Crippen molar-refractivity contribution in [3.63, 3.8) is 0 Å². The van der Waals surface area contributed by atoms with Crippen molar-refractivity contribution in [3.05, 3.63) is 29.8 Å². The second kappa shape index (κ2) is 5.89. The quantitative estimate of drug-likeness (QED) is 0.321. The molecule has 0 saturated heterocycles. The number of amidine groups is 1. The molecule has 0 aliphatic carbocycles. The summed E-state index contributed by atoms with van der Waals surface area (Å²) >= 11 is 0. The van der Waals surface area contributed by atoms with Gasteiger partial charge in [0.15, 0.2) is 5.84 Å². The molecule has 4 N–H and O–H groups in total. The average Bonchev–Trinajstić information content (AvgIpc) is 2.37. The molecule has 1 rings (SSSR count). The van der Waals surface area contributed by atoms with Crippen molar-refractivity contribution in [1.29, 1.82) is 0 Å². The maximum atomic E-state index is 11.6. The topological polar surface area (TPSA) is 87.7 Å². The van der Waals surface area contributed by atoms with E-state index in [1.54, 1.807) is 24.3 Å². The maximum absolute atomic E-state index is 11.6. The molecule has 92 valence electrons. The lowest BCUT2D eigenvalue weighted by Crippen LogP contribution is -2.19. The Bertz CT molecular complexity index is 412. The Morgan fingerprint density at radius 1 is 1.47 bits per heavy atom. The number of rotatable bonds is 4. The van der Waals surface area contributed by atoms with Crippen LogP contribution in [0.3, 0.4) is 0 Å². The zero-order valence-electron chi connectivity index (χ0n) is 9.97. The van der Waals surface area contributed by atoms with Crippen molar-refractivity contribution < 1.29 is 10.0 Å². The number of carbonyl (C=O) groups excluding carboxylic acids is 1. The molecule has 0 aliphatic heterocycles. The molecule has 1 atom stereocenters. The minimum Gasteiger partial charge on any atom is -0.409 e. The standard InChI is InChI=1S/C12H17N3O2/c1-3-8(2)12(16)14-10-6-4-9(5-7-10)11(13)15-17/h4-8,17H,3H2,1-2H3,(H2,13,15)(H,14,16). The van der Waals surface area contributed by atoms with E-state index in [1.165, 1.54) is 0 Å². The molecule has 0 bridgehead atoms. The Labute approximate surface area is 100 Å². The highest BCUT2D eigenvalue weighted by Gasteiger charge is 2.10. The minimum atomic E-state index is -0.0150. The molecule has 0 saturated carbocycles. The van der Waals surface area contributed by atoms with Crippen molar-refractivity contribution in [2.45, 2.75) is 20.3 Å². The van der Waals surface area contributed by atoms with Crippen LogP contribution in [0, 0.1) is 5.92 Å². The monoisotopic (exact) mass is 235 g/mol. The number of nitrogens with two attached hydrogens (primary N) is 1. The zero-order chi connectivity index (χ0) is 12.8. The summed E-state index contributed by atoms with van der Waals surface area (Å²) in [6, 6.07) is 6.80. The lowest BCUT2D eigenvalue weighted by atomic mass is 10.1. The van der Waals surface area contributed by atoms with Crippen LogP contribution in [0.5, 0.6) is 0 Å². The Morgan fingerprint density at radius 3 is 2.53 bits per heavy atom. The van der Waals surface area contributed by atoms with Crippen molar-refractivity contribution in [2.75, 3.05) is 5.32 Å². The van der Waals surface area contributed by atoms with Crippen LogP contribution in [0.2, 0.25) is 0 Å². The van der Waals surface area contributed by atoms with Crippen LogP contribution < -0.4 is 11.1 Å². The van der Waals surface area contributed by atoms with Crippen molar-refractivity contribution >= 4 is 17.4 Å². The third kappa shape index (κ3) is 3.48. The third-order valence-corrected chi connectivity index (χ3v) is 2.62. The Kier molecular flexibility index (Phi) is 4.51. The molecular weight excluding hydrogens is 218 g/mol. The number of hydrogen-bond acceptors (Lipinski definition) is 3. The molecule has 1 aromatic carbocycles. The summed E-state index contributed by atoms with van der Waals surface area (Å²) in [5.41, 5.74) is 6.73. The number of nitrogens with zero attached hydrogens (tertiary/aromatic N) is 1. The van der Waals surface area contributed by atoms with E-state index in [4.69, 9.17) is 10.9 Å². The van der Waals surface area contributed by atoms with Crippen LogP contribution in [0.25, 0.3) is 0 Å². The molecule has 0 fully saturated rings. The number of carbonyl (C=O) groups is 1. The highest BCUT2D eigenvalue weighted by Crippen LogP contribution is 2.12. The van der Waals surface area contributed by atoms with Crippen LogP contribution in [0.15, 0.2) is 29.4 Å². The predicted molar refractivity (Wildman–Crippen MR) is 67.0 cm³/mol. The average molecular weight is 235 g/mol. The van der Waals surface area contributed by atoms with Gasteiger partial charge in [-0.3, -0.25) is 4.79 Å². The van der Waals surface area contributed by atoms with Gasteiger partial charge < -0.3 is 16.3 Å². The van der Waals surface area contributed by atoms with Gasteiger partial charge >= 0.3 is 0 Å². The minimum absolute atomic E-state index is 0.0101. The van der Waals surface area contributed by atoms with Crippen molar-refractivity contribution in [1.82, 2.24) is 0 Å². The van der Waals surface area contributed by atoms with Gasteiger partial charge in [0.25, 0.3) is 0 Å². The molecule has 5 heteroatoms. The molecule has 0 aromatic heterocycles. The van der Waals surface area contributed by atoms with Crippen LogP contribution in [-0.4, -0.2) is 17.0 Å². The molecule has 0 aliphatic rings. The Hall–Kier alpha value is -2.04. The van der Waals surface area contributed by atoms with Crippen LogP contribution in [-0.2, 0) is 4.79 Å². The van der Waals surface area contributed by atoms with Gasteiger partial charge in [-0.05, 0) is 30.7 Å². The van der Waals surface area contributed by atoms with Gasteiger partial charge in [-0.25, -0.2) is 0 Å². The summed E-state index contributed by atoms with van der Waals surface area (Å²) in [5, 5.41) is 14.2. The second-order valence-electron chi connectivity index (χ2n) is 3.86. The Balaban J connectivity index is 2.72. The van der Waals surface area contributed by atoms with E-state index >= 15 is 0 Å². The molecule has 1 unspecified atom stereocenters. The lowest BCUT2D eigenvalue weighted by molar-refractivity contribution is -0.119. The molecule has 5 nitrogen and oxygen atoms in total. The second-order valence-corrected chi connectivity index (χ2v) is 3.86. The fourth-order valence-electron chi connectivity index (χ4n) is 1.23. The van der Waals surface area contributed by atoms with Gasteiger partial charge in [0.05, 0.1) is 0 Å². The molecular formula is C12H17N3O2. The zero-order valence-corrected chi connectivity index (χ0v) is 9.97. The van der Waals surface area contributed by atoms with E-state index in [1.807, 2.05) is 13.8 Å². The van der Waals surface area contributed by atoms with E-state index in [2.05, 4.69) is 10.5 Å². The first kappa shape index (κ1) is 13.0. The van der Waals surface area contributed by atoms with Crippen LogP contribution in [0.1, 0.15) is 25.8 Å². The summed E-state index contributed by atoms with van der Waals surface area (Å²) in [7, 11) is 0. The van der Waals surface area contributed by atoms with Crippen LogP contribution in [0.4, 0.5) is 5.69 Å². The van der Waals surface area contributed by atoms with E-state index < -0.39 is 0 Å². The van der Waals surface area contributed by atoms with Gasteiger partial charge in [-0.15, -0.1) is 0 Å². The SMILES string of the molecule is CCC(C)C(=O)Nc1ccc(/C(N)=N/O)cc1. The van der Waals surface area contributed by atoms with Gasteiger partial charge in [-0.2, -0.15) is 0 Å². The number of nitrogens with one attached hydrogen (secondary N) is 1. The van der Waals surface area contributed by atoms with Crippen molar-refractivity contribution in [2.24, 2.45) is 16.8 Å². The fraction of sp³-hybridized carbons (Fsp3) is 0.333. The number of oxime groups is 1. The molecule has 0 spiro atoms. The maximum Gasteiger partial charge on any atom is 0.227 e. The summed E-state index contributed by atoms with van der Waals surface area (Å²) in [6.45, 7) is 3.84. The lowest BCUT2D eigenvalue weighted by Gasteiger charge is -2.10. The highest BCUT2D eigenvalue weighted by atomic mass is 16.4. The van der Waals surface area contributed by atoms with E-state index in [-0.39, 0.29) is 17.7 Å². The first-order chi connectivity index (χ1) is 8.08. The smallest absolute Gasteiger partial charge is 0.227 e. The van der Waals surface area contributed by atoms with Gasteiger partial charge in [0, 0.05) is 17.2 Å². The van der Waals surface area contributed by atoms with E-state index in [0.29, 0.717) is 11.3 Å². The molecule has 1 amide bonds. The first-order valence-electron chi connectivity index (χ1n) is 5.47. The van der Waals surface area contributed by atoms with Gasteiger partial charge in [-0.1, -0.05) is 19.0 Å². The molecule has 0 heterocycles. The Morgan fingerprint density at radius 2 is 2.06 bits per heavy atom. The number of hydrogen-bond donors (Lipinski definition) is 3. The predicted octanol–water partition coefficient (Wildman–Crippen LogP) is 1.77. The highest BCUT2D eigenvalue weighted by molar-refractivity contribution is 5.98. The van der Waals surface area contributed by atoms with Gasteiger partial charge in [0.1, 0.15) is 0 Å². The third-order valence-electron chi connectivity index (χ3n) is 2.62. The van der Waals surface area contributed by atoms with Gasteiger partial charge in [0.2, 0.25) is 5.91 Å². The molecule has 1 aromatic rings. The van der Waals surface area contributed by atoms with Crippen molar-refractivity contribution in [3.8, 4) is 0 Å². The molecule has 0 radical (unpaired) electrons. The summed E-state index contributed by atoms with van der Waals surface area (Å²) in [6.07, 6.45) is 0.800. The summed E-state index contributed by atoms with van der Waals surface area (Å²) in [4.78, 5) is 11.6. The molecule has 17 heavy (non-hydrogen) atoms. The summed E-state index contributed by atoms with van der Waals surface area (Å²) < 4.78 is 0. The normalized spacial score (nSPS) is 13.2. The number of benzene rings is 1. The van der Waals surface area contributed by atoms with E-state index in [9.17, 15) is 4.79 Å². The number of amides is 1. The summed E-state index contributed by atoms with van der Waals surface area (Å²) in [5.74, 6) is 0.0209. The fourth-order valence-corrected chi connectivity index (χ4v) is 1.23. The first-order valence-corrected chi connectivity index (χ1v) is 5.47.